The fourth-order valence-corrected chi connectivity index (χ4v) is 3.24. The number of non-ortho nitro benzene ring substituents is 1. The molecule has 0 fully saturated rings. The van der Waals surface area contributed by atoms with Gasteiger partial charge in [-0.05, 0) is 73.1 Å². The highest BCUT2D eigenvalue weighted by atomic mass is 32.1. The summed E-state index contributed by atoms with van der Waals surface area (Å²) in [6.45, 7) is 3.96. The Bertz CT molecular complexity index is 1300. The normalized spacial score (nSPS) is 10.5. The summed E-state index contributed by atoms with van der Waals surface area (Å²) >= 11 is 5.21. The molecule has 34 heavy (non-hydrogen) atoms. The van der Waals surface area contributed by atoms with E-state index in [1.807, 2.05) is 32.0 Å². The zero-order valence-corrected chi connectivity index (χ0v) is 19.3. The number of anilines is 2. The summed E-state index contributed by atoms with van der Waals surface area (Å²) in [4.78, 5) is 35.4. The quantitative estimate of drug-likeness (QED) is 0.201. The van der Waals surface area contributed by atoms with Gasteiger partial charge in [-0.3, -0.25) is 25.0 Å². The Labute approximate surface area is 201 Å². The minimum Gasteiger partial charge on any atom is -0.332 e. The lowest BCUT2D eigenvalue weighted by molar-refractivity contribution is -0.384. The molecule has 0 atom stereocenters. The van der Waals surface area contributed by atoms with Crippen LogP contribution in [0.1, 0.15) is 27.0 Å². The Balaban J connectivity index is 1.64. The van der Waals surface area contributed by atoms with Crippen LogP contribution in [-0.4, -0.2) is 21.9 Å². The van der Waals surface area contributed by atoms with Crippen LogP contribution in [0.5, 0.6) is 0 Å². The van der Waals surface area contributed by atoms with E-state index in [1.165, 1.54) is 30.4 Å². The number of benzene rings is 3. The minimum atomic E-state index is -0.527. The third kappa shape index (κ3) is 6.57. The number of thiocarbonyl (C=S) groups is 1. The van der Waals surface area contributed by atoms with Gasteiger partial charge in [0.25, 0.3) is 11.6 Å². The largest absolute Gasteiger partial charge is 0.332 e. The van der Waals surface area contributed by atoms with Crippen LogP contribution in [0.25, 0.3) is 6.08 Å². The van der Waals surface area contributed by atoms with E-state index in [-0.39, 0.29) is 16.7 Å². The van der Waals surface area contributed by atoms with Crippen molar-refractivity contribution in [3.8, 4) is 0 Å². The topological polar surface area (TPSA) is 113 Å². The molecule has 0 heterocycles. The zero-order valence-electron chi connectivity index (χ0n) is 18.5. The SMILES string of the molecule is Cc1ccc(NC(=O)c2ccccc2NC(=S)NC(=O)/C=C/c2cccc([N+](=O)[O-])c2)cc1C. The van der Waals surface area contributed by atoms with Gasteiger partial charge in [0, 0.05) is 23.9 Å². The fraction of sp³-hybridized carbons (Fsp3) is 0.0800. The van der Waals surface area contributed by atoms with Gasteiger partial charge in [0.05, 0.1) is 16.2 Å². The van der Waals surface area contributed by atoms with Crippen molar-refractivity contribution in [1.82, 2.24) is 5.32 Å². The molecule has 0 saturated carbocycles. The van der Waals surface area contributed by atoms with Gasteiger partial charge < -0.3 is 10.6 Å². The maximum atomic E-state index is 12.8. The van der Waals surface area contributed by atoms with Gasteiger partial charge in [-0.2, -0.15) is 0 Å². The first-order valence-corrected chi connectivity index (χ1v) is 10.7. The average Bonchev–Trinajstić information content (AvgIpc) is 2.80. The fourth-order valence-electron chi connectivity index (χ4n) is 3.03. The van der Waals surface area contributed by atoms with Gasteiger partial charge in [-0.25, -0.2) is 0 Å². The van der Waals surface area contributed by atoms with Crippen LogP contribution in [0.4, 0.5) is 17.1 Å². The Morgan fingerprint density at radius 2 is 1.71 bits per heavy atom. The third-order valence-electron chi connectivity index (χ3n) is 4.93. The molecule has 3 rings (SSSR count). The molecule has 3 N–H and O–H groups in total. The molecule has 0 aliphatic rings. The van der Waals surface area contributed by atoms with Gasteiger partial charge >= 0.3 is 0 Å². The van der Waals surface area contributed by atoms with E-state index in [0.717, 1.165) is 11.1 Å². The van der Waals surface area contributed by atoms with Crippen molar-refractivity contribution in [3.05, 3.63) is 105 Å². The van der Waals surface area contributed by atoms with Crippen molar-refractivity contribution in [2.45, 2.75) is 13.8 Å². The molecular weight excluding hydrogens is 452 g/mol. The second-order valence-corrected chi connectivity index (χ2v) is 7.84. The molecule has 0 radical (unpaired) electrons. The van der Waals surface area contributed by atoms with E-state index >= 15 is 0 Å². The summed E-state index contributed by atoms with van der Waals surface area (Å²) in [5.74, 6) is -0.855. The number of rotatable bonds is 6. The van der Waals surface area contributed by atoms with Crippen molar-refractivity contribution in [2.75, 3.05) is 10.6 Å². The predicted molar refractivity (Wildman–Crippen MR) is 137 cm³/mol. The van der Waals surface area contributed by atoms with E-state index in [9.17, 15) is 19.7 Å². The Morgan fingerprint density at radius 1 is 0.941 bits per heavy atom. The summed E-state index contributed by atoms with van der Waals surface area (Å²) in [7, 11) is 0. The molecule has 2 amide bonds. The molecular formula is C25H22N4O4S. The number of para-hydroxylation sites is 1. The number of amides is 2. The molecule has 0 aliphatic carbocycles. The lowest BCUT2D eigenvalue weighted by atomic mass is 10.1. The molecule has 0 saturated heterocycles. The van der Waals surface area contributed by atoms with Crippen LogP contribution in [-0.2, 0) is 4.79 Å². The summed E-state index contributed by atoms with van der Waals surface area (Å²) in [6, 6.07) is 18.3. The number of hydrogen-bond acceptors (Lipinski definition) is 5. The molecule has 0 aliphatic heterocycles. The molecule has 0 spiro atoms. The van der Waals surface area contributed by atoms with E-state index in [0.29, 0.717) is 22.5 Å². The monoisotopic (exact) mass is 474 g/mol. The van der Waals surface area contributed by atoms with Crippen molar-refractivity contribution < 1.29 is 14.5 Å². The van der Waals surface area contributed by atoms with E-state index < -0.39 is 10.8 Å². The number of aryl methyl sites for hydroxylation is 2. The van der Waals surface area contributed by atoms with Crippen molar-refractivity contribution in [3.63, 3.8) is 0 Å². The molecule has 9 heteroatoms. The number of carbonyl (C=O) groups is 2. The van der Waals surface area contributed by atoms with Crippen molar-refractivity contribution in [1.29, 1.82) is 0 Å². The molecule has 0 bridgehead atoms. The van der Waals surface area contributed by atoms with Gasteiger partial charge in [0.1, 0.15) is 0 Å². The third-order valence-corrected chi connectivity index (χ3v) is 5.13. The number of nitro groups is 1. The Morgan fingerprint density at radius 3 is 2.44 bits per heavy atom. The van der Waals surface area contributed by atoms with Crippen molar-refractivity contribution in [2.24, 2.45) is 0 Å². The summed E-state index contributed by atoms with van der Waals surface area (Å²) < 4.78 is 0. The van der Waals surface area contributed by atoms with Crippen LogP contribution in [0, 0.1) is 24.0 Å². The maximum Gasteiger partial charge on any atom is 0.270 e. The summed E-state index contributed by atoms with van der Waals surface area (Å²) in [6.07, 6.45) is 2.65. The van der Waals surface area contributed by atoms with Gasteiger partial charge in [0.15, 0.2) is 5.11 Å². The number of nitrogens with zero attached hydrogens (tertiary/aromatic N) is 1. The van der Waals surface area contributed by atoms with Crippen LogP contribution in [0.3, 0.4) is 0 Å². The second-order valence-electron chi connectivity index (χ2n) is 7.43. The van der Waals surface area contributed by atoms with Gasteiger partial charge in [0.2, 0.25) is 5.91 Å². The highest BCUT2D eigenvalue weighted by Gasteiger charge is 2.13. The smallest absolute Gasteiger partial charge is 0.270 e. The van der Waals surface area contributed by atoms with E-state index in [1.54, 1.807) is 30.3 Å². The predicted octanol–water partition coefficient (Wildman–Crippen LogP) is 4.99. The second kappa shape index (κ2) is 11.0. The zero-order chi connectivity index (χ0) is 24.7. The molecule has 8 nitrogen and oxygen atoms in total. The Kier molecular flexibility index (Phi) is 7.83. The number of carbonyl (C=O) groups excluding carboxylic acids is 2. The minimum absolute atomic E-state index is 0.000114. The van der Waals surface area contributed by atoms with Crippen LogP contribution in [0.15, 0.2) is 72.8 Å². The Hall–Kier alpha value is -4.37. The first-order chi connectivity index (χ1) is 16.2. The average molecular weight is 475 g/mol. The summed E-state index contributed by atoms with van der Waals surface area (Å²) in [5.41, 5.74) is 4.06. The highest BCUT2D eigenvalue weighted by Crippen LogP contribution is 2.19. The van der Waals surface area contributed by atoms with Crippen LogP contribution in [0.2, 0.25) is 0 Å². The standard InChI is InChI=1S/C25H22N4O4S/c1-16-10-12-19(14-17(16)2)26-24(31)21-8-3-4-9-22(21)27-25(34)28-23(30)13-11-18-6-5-7-20(15-18)29(32)33/h3-15H,1-2H3,(H,26,31)(H2,27,28,30,34)/b13-11+. The lowest BCUT2D eigenvalue weighted by Gasteiger charge is -2.13. The van der Waals surface area contributed by atoms with Gasteiger partial charge in [-0.1, -0.05) is 30.3 Å². The highest BCUT2D eigenvalue weighted by molar-refractivity contribution is 7.80. The molecule has 0 unspecified atom stereocenters. The van der Waals surface area contributed by atoms with Crippen LogP contribution >= 0.6 is 12.2 Å². The maximum absolute atomic E-state index is 12.8. The molecule has 0 aromatic heterocycles. The lowest BCUT2D eigenvalue weighted by Crippen LogP contribution is -2.33. The number of hydrogen-bond donors (Lipinski definition) is 3. The number of nitro benzene ring substituents is 1. The first-order valence-electron chi connectivity index (χ1n) is 10.2. The van der Waals surface area contributed by atoms with Gasteiger partial charge in [-0.15, -0.1) is 0 Å². The first kappa shape index (κ1) is 24.3. The molecule has 172 valence electrons. The molecule has 3 aromatic carbocycles. The number of nitrogens with one attached hydrogen (secondary N) is 3. The molecule has 3 aromatic rings. The van der Waals surface area contributed by atoms with Crippen molar-refractivity contribution >= 4 is 52.3 Å². The van der Waals surface area contributed by atoms with E-state index in [2.05, 4.69) is 16.0 Å². The van der Waals surface area contributed by atoms with Crippen LogP contribution < -0.4 is 16.0 Å². The van der Waals surface area contributed by atoms with E-state index in [4.69, 9.17) is 12.2 Å². The summed E-state index contributed by atoms with van der Waals surface area (Å²) in [5, 5.41) is 19.1.